The zero-order valence-electron chi connectivity index (χ0n) is 13.9. The van der Waals surface area contributed by atoms with Crippen molar-refractivity contribution in [3.8, 4) is 11.3 Å². The fourth-order valence-corrected chi connectivity index (χ4v) is 2.57. The summed E-state index contributed by atoms with van der Waals surface area (Å²) in [6.07, 6.45) is 0.926. The van der Waals surface area contributed by atoms with Crippen LogP contribution < -0.4 is 10.2 Å². The Hall–Kier alpha value is -2.47. The molecule has 1 fully saturated rings. The molecule has 1 aliphatic heterocycles. The van der Waals surface area contributed by atoms with Crippen molar-refractivity contribution in [2.24, 2.45) is 0 Å². The first kappa shape index (κ1) is 16.4. The number of morpholine rings is 1. The van der Waals surface area contributed by atoms with Crippen molar-refractivity contribution in [1.82, 2.24) is 15.5 Å². The van der Waals surface area contributed by atoms with E-state index in [9.17, 15) is 4.79 Å². The maximum atomic E-state index is 11.9. The molecule has 126 valence electrons. The number of anilines is 1. The first-order chi connectivity index (χ1) is 11.8. The molecule has 1 aromatic carbocycles. The highest BCUT2D eigenvalue weighted by Gasteiger charge is 2.13. The molecule has 3 rings (SSSR count). The zero-order chi connectivity index (χ0) is 16.8. The van der Waals surface area contributed by atoms with E-state index >= 15 is 0 Å². The standard InChI is InChI=1S/C18H22N4O2/c1-2-9-19-18(23)15-5-3-14(4-6-15)16-7-8-17(21-20-16)22-10-12-24-13-11-22/h3-8H,2,9-13H2,1H3,(H,19,23). The number of nitrogens with zero attached hydrogens (tertiary/aromatic N) is 3. The second-order valence-corrected chi connectivity index (χ2v) is 5.71. The Morgan fingerprint density at radius 1 is 1.12 bits per heavy atom. The summed E-state index contributed by atoms with van der Waals surface area (Å²) in [7, 11) is 0. The lowest BCUT2D eigenvalue weighted by Crippen LogP contribution is -2.36. The monoisotopic (exact) mass is 326 g/mol. The van der Waals surface area contributed by atoms with Gasteiger partial charge in [-0.3, -0.25) is 4.79 Å². The minimum absolute atomic E-state index is 0.0443. The van der Waals surface area contributed by atoms with Gasteiger partial charge in [0.1, 0.15) is 0 Å². The van der Waals surface area contributed by atoms with E-state index in [0.29, 0.717) is 12.1 Å². The average Bonchev–Trinajstić information content (AvgIpc) is 2.67. The van der Waals surface area contributed by atoms with Crippen molar-refractivity contribution in [2.45, 2.75) is 13.3 Å². The second-order valence-electron chi connectivity index (χ2n) is 5.71. The average molecular weight is 326 g/mol. The molecule has 6 nitrogen and oxygen atoms in total. The summed E-state index contributed by atoms with van der Waals surface area (Å²) in [6.45, 7) is 5.86. The Bertz CT molecular complexity index is 664. The summed E-state index contributed by atoms with van der Waals surface area (Å²) in [5.74, 6) is 0.828. The van der Waals surface area contributed by atoms with Gasteiger partial charge in [-0.25, -0.2) is 0 Å². The predicted molar refractivity (Wildman–Crippen MR) is 93.1 cm³/mol. The predicted octanol–water partition coefficient (Wildman–Crippen LogP) is 2.12. The van der Waals surface area contributed by atoms with E-state index in [1.165, 1.54) is 0 Å². The Labute approximate surface area is 141 Å². The van der Waals surface area contributed by atoms with Gasteiger partial charge in [0.15, 0.2) is 5.82 Å². The van der Waals surface area contributed by atoms with Crippen LogP contribution in [0.15, 0.2) is 36.4 Å². The largest absolute Gasteiger partial charge is 0.378 e. The third-order valence-electron chi connectivity index (χ3n) is 3.96. The molecule has 24 heavy (non-hydrogen) atoms. The molecular weight excluding hydrogens is 304 g/mol. The molecule has 0 bridgehead atoms. The van der Waals surface area contributed by atoms with Gasteiger partial charge in [0.25, 0.3) is 5.91 Å². The molecule has 1 N–H and O–H groups in total. The van der Waals surface area contributed by atoms with Gasteiger partial charge in [-0.15, -0.1) is 10.2 Å². The van der Waals surface area contributed by atoms with Crippen LogP contribution in [0.5, 0.6) is 0 Å². The molecule has 0 atom stereocenters. The molecule has 0 unspecified atom stereocenters. The van der Waals surface area contributed by atoms with Gasteiger partial charge in [-0.05, 0) is 30.7 Å². The smallest absolute Gasteiger partial charge is 0.251 e. The first-order valence-electron chi connectivity index (χ1n) is 8.33. The number of hydrogen-bond donors (Lipinski definition) is 1. The number of amides is 1. The van der Waals surface area contributed by atoms with Crippen LogP contribution in [0.3, 0.4) is 0 Å². The lowest BCUT2D eigenvalue weighted by Gasteiger charge is -2.27. The Morgan fingerprint density at radius 2 is 1.88 bits per heavy atom. The van der Waals surface area contributed by atoms with Crippen LogP contribution in [0.2, 0.25) is 0 Å². The van der Waals surface area contributed by atoms with Gasteiger partial charge >= 0.3 is 0 Å². The summed E-state index contributed by atoms with van der Waals surface area (Å²) in [5, 5.41) is 11.5. The lowest BCUT2D eigenvalue weighted by atomic mass is 10.1. The summed E-state index contributed by atoms with van der Waals surface area (Å²) in [6, 6.07) is 11.4. The van der Waals surface area contributed by atoms with Gasteiger partial charge in [0.2, 0.25) is 0 Å². The molecule has 0 aliphatic carbocycles. The Morgan fingerprint density at radius 3 is 2.50 bits per heavy atom. The third kappa shape index (κ3) is 3.89. The molecule has 1 saturated heterocycles. The number of ether oxygens (including phenoxy) is 1. The molecule has 0 radical (unpaired) electrons. The zero-order valence-corrected chi connectivity index (χ0v) is 13.9. The summed E-state index contributed by atoms with van der Waals surface area (Å²) < 4.78 is 5.35. The number of carbonyl (C=O) groups is 1. The molecule has 1 aliphatic rings. The minimum atomic E-state index is -0.0443. The quantitative estimate of drug-likeness (QED) is 0.911. The number of aromatic nitrogens is 2. The van der Waals surface area contributed by atoms with Crippen LogP contribution in [0.4, 0.5) is 5.82 Å². The summed E-state index contributed by atoms with van der Waals surface area (Å²) in [5.41, 5.74) is 2.40. The fourth-order valence-electron chi connectivity index (χ4n) is 2.57. The van der Waals surface area contributed by atoms with E-state index < -0.39 is 0 Å². The van der Waals surface area contributed by atoms with Crippen LogP contribution in [0.1, 0.15) is 23.7 Å². The molecular formula is C18H22N4O2. The molecule has 1 amide bonds. The van der Waals surface area contributed by atoms with Crippen LogP contribution in [-0.2, 0) is 4.74 Å². The van der Waals surface area contributed by atoms with Crippen molar-refractivity contribution >= 4 is 11.7 Å². The highest BCUT2D eigenvalue weighted by Crippen LogP contribution is 2.19. The molecule has 1 aromatic heterocycles. The highest BCUT2D eigenvalue weighted by molar-refractivity contribution is 5.94. The Kier molecular flexibility index (Phi) is 5.38. The van der Waals surface area contributed by atoms with Crippen LogP contribution in [0.25, 0.3) is 11.3 Å². The van der Waals surface area contributed by atoms with Gasteiger partial charge in [0, 0.05) is 30.8 Å². The Balaban J connectivity index is 1.68. The van der Waals surface area contributed by atoms with Gasteiger partial charge in [0.05, 0.1) is 18.9 Å². The molecule has 2 heterocycles. The number of carbonyl (C=O) groups excluding carboxylic acids is 1. The van der Waals surface area contributed by atoms with Crippen molar-refractivity contribution in [1.29, 1.82) is 0 Å². The normalized spacial score (nSPS) is 14.5. The van der Waals surface area contributed by atoms with E-state index in [1.807, 2.05) is 43.3 Å². The fraction of sp³-hybridized carbons (Fsp3) is 0.389. The van der Waals surface area contributed by atoms with Crippen molar-refractivity contribution in [2.75, 3.05) is 37.7 Å². The van der Waals surface area contributed by atoms with E-state index in [-0.39, 0.29) is 5.91 Å². The van der Waals surface area contributed by atoms with Crippen LogP contribution in [0, 0.1) is 0 Å². The summed E-state index contributed by atoms with van der Waals surface area (Å²) >= 11 is 0. The molecule has 2 aromatic rings. The molecule has 0 saturated carbocycles. The minimum Gasteiger partial charge on any atom is -0.378 e. The number of nitrogens with one attached hydrogen (secondary N) is 1. The van der Waals surface area contributed by atoms with Crippen molar-refractivity contribution < 1.29 is 9.53 Å². The van der Waals surface area contributed by atoms with Crippen LogP contribution >= 0.6 is 0 Å². The van der Waals surface area contributed by atoms with Gasteiger partial charge in [-0.1, -0.05) is 19.1 Å². The second kappa shape index (κ2) is 7.88. The van der Waals surface area contributed by atoms with E-state index in [0.717, 1.165) is 49.8 Å². The van der Waals surface area contributed by atoms with Gasteiger partial charge in [-0.2, -0.15) is 0 Å². The SMILES string of the molecule is CCCNC(=O)c1ccc(-c2ccc(N3CCOCC3)nn2)cc1. The maximum absolute atomic E-state index is 11.9. The van der Waals surface area contributed by atoms with Crippen molar-refractivity contribution in [3.63, 3.8) is 0 Å². The van der Waals surface area contributed by atoms with Gasteiger partial charge < -0.3 is 15.0 Å². The third-order valence-corrected chi connectivity index (χ3v) is 3.96. The van der Waals surface area contributed by atoms with E-state index in [1.54, 1.807) is 0 Å². The van der Waals surface area contributed by atoms with E-state index in [2.05, 4.69) is 20.4 Å². The first-order valence-corrected chi connectivity index (χ1v) is 8.33. The van der Waals surface area contributed by atoms with Crippen LogP contribution in [-0.4, -0.2) is 49.0 Å². The van der Waals surface area contributed by atoms with E-state index in [4.69, 9.17) is 4.74 Å². The highest BCUT2D eigenvalue weighted by atomic mass is 16.5. The lowest BCUT2D eigenvalue weighted by molar-refractivity contribution is 0.0953. The number of rotatable bonds is 5. The summed E-state index contributed by atoms with van der Waals surface area (Å²) in [4.78, 5) is 14.1. The maximum Gasteiger partial charge on any atom is 0.251 e. The number of benzene rings is 1. The number of hydrogen-bond acceptors (Lipinski definition) is 5. The van der Waals surface area contributed by atoms with Crippen molar-refractivity contribution in [3.05, 3.63) is 42.0 Å². The molecule has 6 heteroatoms. The molecule has 0 spiro atoms. The topological polar surface area (TPSA) is 67.4 Å².